The first kappa shape index (κ1) is 23.0. The van der Waals surface area contributed by atoms with Crippen molar-refractivity contribution in [2.24, 2.45) is 11.3 Å². The lowest BCUT2D eigenvalue weighted by Crippen LogP contribution is -2.53. The van der Waals surface area contributed by atoms with E-state index in [0.29, 0.717) is 12.5 Å². The largest absolute Gasteiger partial charge is 0.496 e. The molecule has 0 aromatic heterocycles. The maximum Gasteiger partial charge on any atom is 0.407 e. The summed E-state index contributed by atoms with van der Waals surface area (Å²) < 4.78 is 17.3. The summed E-state index contributed by atoms with van der Waals surface area (Å²) in [6.07, 6.45) is 2.83. The second kappa shape index (κ2) is 9.14. The molecule has 3 aliphatic heterocycles. The molecule has 6 heteroatoms. The summed E-state index contributed by atoms with van der Waals surface area (Å²) in [6, 6.07) is 12.3. The van der Waals surface area contributed by atoms with Crippen LogP contribution in [0.3, 0.4) is 0 Å². The molecule has 2 aromatic carbocycles. The average molecular weight is 465 g/mol. The first-order valence-corrected chi connectivity index (χ1v) is 12.5. The van der Waals surface area contributed by atoms with Gasteiger partial charge in [-0.05, 0) is 91.6 Å². The minimum absolute atomic E-state index is 0.00283. The SMILES string of the molecule is CCOc1ccc(-c2cc3c(cc2OC)C(NC(=O)O[C@@H]2CN4CCC2CC4)C(C)(C)C3)cc1. The van der Waals surface area contributed by atoms with Gasteiger partial charge in [0, 0.05) is 12.1 Å². The van der Waals surface area contributed by atoms with Crippen LogP contribution < -0.4 is 14.8 Å². The van der Waals surface area contributed by atoms with Crippen molar-refractivity contribution in [3.8, 4) is 22.6 Å². The van der Waals surface area contributed by atoms with Gasteiger partial charge in [-0.15, -0.1) is 0 Å². The molecule has 1 N–H and O–H groups in total. The zero-order valence-electron chi connectivity index (χ0n) is 20.7. The van der Waals surface area contributed by atoms with E-state index >= 15 is 0 Å². The van der Waals surface area contributed by atoms with Crippen molar-refractivity contribution in [1.29, 1.82) is 0 Å². The van der Waals surface area contributed by atoms with E-state index in [-0.39, 0.29) is 23.7 Å². The molecule has 4 aliphatic rings. The number of hydrogen-bond donors (Lipinski definition) is 1. The summed E-state index contributed by atoms with van der Waals surface area (Å²) in [5.74, 6) is 2.16. The minimum Gasteiger partial charge on any atom is -0.496 e. The Kier molecular flexibility index (Phi) is 6.19. The van der Waals surface area contributed by atoms with Gasteiger partial charge in [-0.2, -0.15) is 0 Å². The highest BCUT2D eigenvalue weighted by Crippen LogP contribution is 2.48. The normalized spacial score (nSPS) is 26.6. The predicted octanol–water partition coefficient (Wildman–Crippen LogP) is 5.20. The lowest BCUT2D eigenvalue weighted by molar-refractivity contribution is -0.0349. The summed E-state index contributed by atoms with van der Waals surface area (Å²) in [6.45, 7) is 10.2. The van der Waals surface area contributed by atoms with E-state index in [1.165, 1.54) is 5.56 Å². The van der Waals surface area contributed by atoms with Crippen molar-refractivity contribution >= 4 is 6.09 Å². The number of rotatable bonds is 6. The Morgan fingerprint density at radius 1 is 1.15 bits per heavy atom. The Bertz CT molecular complexity index is 1040. The fourth-order valence-electron chi connectivity index (χ4n) is 5.97. The van der Waals surface area contributed by atoms with Crippen LogP contribution in [-0.2, 0) is 11.2 Å². The van der Waals surface area contributed by atoms with E-state index in [9.17, 15) is 4.79 Å². The number of piperidine rings is 3. The van der Waals surface area contributed by atoms with Crippen molar-refractivity contribution in [1.82, 2.24) is 10.2 Å². The van der Waals surface area contributed by atoms with E-state index in [0.717, 1.165) is 67.1 Å². The zero-order valence-corrected chi connectivity index (χ0v) is 20.7. The van der Waals surface area contributed by atoms with Crippen LogP contribution in [-0.4, -0.2) is 50.4 Å². The minimum atomic E-state index is -0.306. The van der Waals surface area contributed by atoms with Crippen molar-refractivity contribution in [3.05, 3.63) is 47.5 Å². The Morgan fingerprint density at radius 3 is 2.50 bits per heavy atom. The Morgan fingerprint density at radius 2 is 1.88 bits per heavy atom. The first-order chi connectivity index (χ1) is 16.4. The van der Waals surface area contributed by atoms with Gasteiger partial charge < -0.3 is 19.5 Å². The van der Waals surface area contributed by atoms with Gasteiger partial charge in [0.2, 0.25) is 0 Å². The molecule has 34 heavy (non-hydrogen) atoms. The molecule has 2 bridgehead atoms. The van der Waals surface area contributed by atoms with Crippen molar-refractivity contribution < 1.29 is 19.0 Å². The van der Waals surface area contributed by atoms with E-state index in [2.05, 4.69) is 48.3 Å². The molecule has 0 spiro atoms. The Balaban J connectivity index is 1.37. The summed E-state index contributed by atoms with van der Waals surface area (Å²) in [5.41, 5.74) is 4.36. The third-order valence-electron chi connectivity index (χ3n) is 7.79. The van der Waals surface area contributed by atoms with Gasteiger partial charge in [0.1, 0.15) is 17.6 Å². The van der Waals surface area contributed by atoms with E-state index in [4.69, 9.17) is 14.2 Å². The number of hydrogen-bond acceptors (Lipinski definition) is 5. The molecule has 3 fully saturated rings. The summed E-state index contributed by atoms with van der Waals surface area (Å²) in [4.78, 5) is 15.4. The molecule has 3 saturated heterocycles. The number of nitrogens with one attached hydrogen (secondary N) is 1. The van der Waals surface area contributed by atoms with Crippen LogP contribution in [0.15, 0.2) is 36.4 Å². The number of methoxy groups -OCH3 is 1. The highest BCUT2D eigenvalue weighted by molar-refractivity contribution is 5.74. The second-order valence-electron chi connectivity index (χ2n) is 10.5. The summed E-state index contributed by atoms with van der Waals surface area (Å²) in [5, 5.41) is 3.21. The molecule has 0 saturated carbocycles. The quantitative estimate of drug-likeness (QED) is 0.636. The van der Waals surface area contributed by atoms with Crippen LogP contribution in [0, 0.1) is 11.3 Å². The fourth-order valence-corrected chi connectivity index (χ4v) is 5.97. The molecule has 0 radical (unpaired) electrons. The van der Waals surface area contributed by atoms with E-state index in [1.54, 1.807) is 7.11 Å². The van der Waals surface area contributed by atoms with Crippen molar-refractivity contribution in [2.75, 3.05) is 33.4 Å². The number of carbonyl (C=O) groups excluding carboxylic acids is 1. The number of ether oxygens (including phenoxy) is 3. The number of benzene rings is 2. The number of carbonyl (C=O) groups is 1. The second-order valence-corrected chi connectivity index (χ2v) is 10.5. The molecule has 6 nitrogen and oxygen atoms in total. The maximum atomic E-state index is 13.0. The third kappa shape index (κ3) is 4.36. The van der Waals surface area contributed by atoms with E-state index < -0.39 is 0 Å². The molecule has 182 valence electrons. The number of amides is 1. The van der Waals surface area contributed by atoms with Gasteiger partial charge in [-0.25, -0.2) is 4.79 Å². The average Bonchev–Trinajstić information content (AvgIpc) is 3.08. The number of alkyl carbamates (subject to hydrolysis) is 1. The Hall–Kier alpha value is -2.73. The molecule has 6 rings (SSSR count). The summed E-state index contributed by atoms with van der Waals surface area (Å²) in [7, 11) is 1.70. The Labute approximate surface area is 202 Å². The zero-order chi connectivity index (χ0) is 23.9. The van der Waals surface area contributed by atoms with Crippen LogP contribution in [0.5, 0.6) is 11.5 Å². The fraction of sp³-hybridized carbons (Fsp3) is 0.536. The molecule has 2 atom stereocenters. The van der Waals surface area contributed by atoms with Gasteiger partial charge in [-0.1, -0.05) is 26.0 Å². The van der Waals surface area contributed by atoms with Gasteiger partial charge in [0.15, 0.2) is 0 Å². The molecule has 3 heterocycles. The molecule has 2 aromatic rings. The molecule has 1 amide bonds. The summed E-state index contributed by atoms with van der Waals surface area (Å²) >= 11 is 0. The predicted molar refractivity (Wildman–Crippen MR) is 132 cm³/mol. The van der Waals surface area contributed by atoms with Crippen LogP contribution in [0.2, 0.25) is 0 Å². The third-order valence-corrected chi connectivity index (χ3v) is 7.79. The van der Waals surface area contributed by atoms with Gasteiger partial charge in [-0.3, -0.25) is 4.90 Å². The lowest BCUT2D eigenvalue weighted by atomic mass is 9.85. The number of fused-ring (bicyclic) bond motifs is 4. The van der Waals surface area contributed by atoms with Crippen LogP contribution in [0.4, 0.5) is 4.79 Å². The molecule has 1 unspecified atom stereocenters. The maximum absolute atomic E-state index is 13.0. The monoisotopic (exact) mass is 464 g/mol. The van der Waals surface area contributed by atoms with E-state index in [1.807, 2.05) is 19.1 Å². The smallest absolute Gasteiger partial charge is 0.407 e. The first-order valence-electron chi connectivity index (χ1n) is 12.5. The molecule has 1 aliphatic carbocycles. The van der Waals surface area contributed by atoms with Crippen molar-refractivity contribution in [2.45, 2.75) is 52.2 Å². The standard InChI is InChI=1S/C28H36N2O4/c1-5-33-21-8-6-18(7-9-21)22-14-20-16-28(2,3)26(23(20)15-24(22)32-4)29-27(31)34-25-17-30-12-10-19(25)11-13-30/h6-9,14-15,19,25-26H,5,10-13,16-17H2,1-4H3,(H,29,31)/t25-,26?/m1/s1. The highest BCUT2D eigenvalue weighted by Gasteiger charge is 2.42. The van der Waals surface area contributed by atoms with Crippen molar-refractivity contribution in [3.63, 3.8) is 0 Å². The van der Waals surface area contributed by atoms with Gasteiger partial charge in [0.25, 0.3) is 0 Å². The number of nitrogens with zero attached hydrogens (tertiary/aromatic N) is 1. The van der Waals surface area contributed by atoms with Crippen LogP contribution in [0.1, 0.15) is 50.8 Å². The van der Waals surface area contributed by atoms with Crippen LogP contribution >= 0.6 is 0 Å². The highest BCUT2D eigenvalue weighted by atomic mass is 16.6. The van der Waals surface area contributed by atoms with Gasteiger partial charge >= 0.3 is 6.09 Å². The van der Waals surface area contributed by atoms with Gasteiger partial charge in [0.05, 0.1) is 19.8 Å². The molecular formula is C28H36N2O4. The lowest BCUT2D eigenvalue weighted by Gasteiger charge is -2.44. The molecular weight excluding hydrogens is 428 g/mol. The topological polar surface area (TPSA) is 60.0 Å². The van der Waals surface area contributed by atoms with Crippen LogP contribution in [0.25, 0.3) is 11.1 Å².